The second-order valence-electron chi connectivity index (χ2n) is 3.71. The van der Waals surface area contributed by atoms with E-state index in [1.807, 2.05) is 6.92 Å². The van der Waals surface area contributed by atoms with Crippen LogP contribution < -0.4 is 0 Å². The van der Waals surface area contributed by atoms with Crippen LogP contribution in [0.3, 0.4) is 0 Å². The molecule has 1 aromatic heterocycles. The van der Waals surface area contributed by atoms with E-state index in [0.717, 1.165) is 0 Å². The van der Waals surface area contributed by atoms with Crippen LogP contribution in [-0.2, 0) is 0 Å². The van der Waals surface area contributed by atoms with E-state index in [1.54, 1.807) is 19.2 Å². The Balaban J connectivity index is 2.87. The number of carboxylic acid groups (broad SMARTS) is 1. The van der Waals surface area contributed by atoms with Crippen LogP contribution in [0.4, 0.5) is 0 Å². The number of carbonyl (C=O) groups is 1. The van der Waals surface area contributed by atoms with Gasteiger partial charge in [-0.2, -0.15) is 0 Å². The van der Waals surface area contributed by atoms with Gasteiger partial charge in [0.1, 0.15) is 5.03 Å². The SMILES string of the molecule is Cc1ccnc(SCC(C)CO)c1C(=O)O. The molecule has 0 aliphatic carbocycles. The summed E-state index contributed by atoms with van der Waals surface area (Å²) in [6.45, 7) is 3.76. The molecule has 4 nitrogen and oxygen atoms in total. The zero-order valence-electron chi connectivity index (χ0n) is 9.30. The minimum absolute atomic E-state index is 0.0984. The van der Waals surface area contributed by atoms with Crippen molar-refractivity contribution in [2.75, 3.05) is 12.4 Å². The fourth-order valence-electron chi connectivity index (χ4n) is 1.18. The first-order valence-electron chi connectivity index (χ1n) is 4.98. The summed E-state index contributed by atoms with van der Waals surface area (Å²) in [5, 5.41) is 18.5. The summed E-state index contributed by atoms with van der Waals surface area (Å²) in [5.74, 6) is -0.161. The van der Waals surface area contributed by atoms with Crippen LogP contribution in [0.1, 0.15) is 22.8 Å². The van der Waals surface area contributed by atoms with E-state index in [2.05, 4.69) is 4.98 Å². The Bertz CT molecular complexity index is 381. The van der Waals surface area contributed by atoms with E-state index in [9.17, 15) is 4.79 Å². The second kappa shape index (κ2) is 5.86. The molecule has 0 aliphatic heterocycles. The first-order chi connectivity index (χ1) is 7.56. The minimum atomic E-state index is -0.954. The zero-order valence-corrected chi connectivity index (χ0v) is 10.1. The fraction of sp³-hybridized carbons (Fsp3) is 0.455. The summed E-state index contributed by atoms with van der Waals surface area (Å²) in [7, 11) is 0. The van der Waals surface area contributed by atoms with E-state index in [1.165, 1.54) is 11.8 Å². The van der Waals surface area contributed by atoms with Gasteiger partial charge in [-0.05, 0) is 24.5 Å². The van der Waals surface area contributed by atoms with Gasteiger partial charge in [-0.15, -0.1) is 11.8 Å². The monoisotopic (exact) mass is 241 g/mol. The molecule has 1 atom stereocenters. The van der Waals surface area contributed by atoms with Crippen molar-refractivity contribution in [2.24, 2.45) is 5.92 Å². The molecule has 0 fully saturated rings. The summed E-state index contributed by atoms with van der Waals surface area (Å²) < 4.78 is 0. The Kier molecular flexibility index (Phi) is 4.76. The van der Waals surface area contributed by atoms with E-state index >= 15 is 0 Å². The Hall–Kier alpha value is -1.07. The van der Waals surface area contributed by atoms with Crippen molar-refractivity contribution in [3.63, 3.8) is 0 Å². The average molecular weight is 241 g/mol. The van der Waals surface area contributed by atoms with Gasteiger partial charge in [0.25, 0.3) is 0 Å². The first kappa shape index (κ1) is 13.0. The molecular formula is C11H15NO3S. The van der Waals surface area contributed by atoms with Gasteiger partial charge in [0.05, 0.1) is 5.56 Å². The van der Waals surface area contributed by atoms with Crippen molar-refractivity contribution in [3.05, 3.63) is 23.4 Å². The predicted molar refractivity (Wildman–Crippen MR) is 62.9 cm³/mol. The summed E-state index contributed by atoms with van der Waals surface area (Å²) in [5.41, 5.74) is 0.972. The zero-order chi connectivity index (χ0) is 12.1. The lowest BCUT2D eigenvalue weighted by Crippen LogP contribution is -2.07. The average Bonchev–Trinajstić information content (AvgIpc) is 2.25. The molecule has 0 spiro atoms. The number of nitrogens with zero attached hydrogens (tertiary/aromatic N) is 1. The molecule has 0 amide bonds. The summed E-state index contributed by atoms with van der Waals surface area (Å²) in [6, 6.07) is 1.68. The molecule has 0 saturated heterocycles. The van der Waals surface area contributed by atoms with E-state index in [4.69, 9.17) is 10.2 Å². The van der Waals surface area contributed by atoms with Gasteiger partial charge in [-0.25, -0.2) is 9.78 Å². The van der Waals surface area contributed by atoms with Gasteiger partial charge in [0, 0.05) is 18.6 Å². The Labute approximate surface area is 98.7 Å². The van der Waals surface area contributed by atoms with Gasteiger partial charge in [0.15, 0.2) is 0 Å². The lowest BCUT2D eigenvalue weighted by atomic mass is 10.2. The molecule has 0 saturated carbocycles. The molecule has 1 heterocycles. The maximum absolute atomic E-state index is 11.1. The molecule has 2 N–H and O–H groups in total. The highest BCUT2D eigenvalue weighted by Gasteiger charge is 2.15. The number of aryl methyl sites for hydroxylation is 1. The molecule has 88 valence electrons. The van der Waals surface area contributed by atoms with Crippen molar-refractivity contribution in [3.8, 4) is 0 Å². The third-order valence-electron chi connectivity index (χ3n) is 2.15. The lowest BCUT2D eigenvalue weighted by Gasteiger charge is -2.09. The third-order valence-corrected chi connectivity index (χ3v) is 3.47. The Morgan fingerprint density at radius 1 is 1.62 bits per heavy atom. The van der Waals surface area contributed by atoms with Crippen LogP contribution in [0, 0.1) is 12.8 Å². The standard InChI is InChI=1S/C11H15NO3S/c1-7(5-13)6-16-10-9(11(14)15)8(2)3-4-12-10/h3-4,7,13H,5-6H2,1-2H3,(H,14,15). The van der Waals surface area contributed by atoms with E-state index in [-0.39, 0.29) is 18.1 Å². The van der Waals surface area contributed by atoms with Gasteiger partial charge < -0.3 is 10.2 Å². The molecule has 0 radical (unpaired) electrons. The summed E-state index contributed by atoms with van der Waals surface area (Å²) in [6.07, 6.45) is 1.60. The largest absolute Gasteiger partial charge is 0.478 e. The van der Waals surface area contributed by atoms with Crippen molar-refractivity contribution in [2.45, 2.75) is 18.9 Å². The van der Waals surface area contributed by atoms with Crippen LogP contribution in [0.25, 0.3) is 0 Å². The number of pyridine rings is 1. The summed E-state index contributed by atoms with van der Waals surface area (Å²) >= 11 is 1.37. The number of carboxylic acids is 1. The number of aliphatic hydroxyl groups is 1. The third kappa shape index (κ3) is 3.21. The highest BCUT2D eigenvalue weighted by molar-refractivity contribution is 7.99. The normalized spacial score (nSPS) is 12.4. The molecular weight excluding hydrogens is 226 g/mol. The van der Waals surface area contributed by atoms with Gasteiger partial charge in [0.2, 0.25) is 0 Å². The number of aromatic nitrogens is 1. The predicted octanol–water partition coefficient (Wildman–Crippen LogP) is 1.81. The molecule has 0 aliphatic rings. The van der Waals surface area contributed by atoms with Gasteiger partial charge in [-0.3, -0.25) is 0 Å². The number of hydrogen-bond acceptors (Lipinski definition) is 4. The number of aromatic carboxylic acids is 1. The maximum Gasteiger partial charge on any atom is 0.338 e. The molecule has 0 bridgehead atoms. The quantitative estimate of drug-likeness (QED) is 0.769. The van der Waals surface area contributed by atoms with Crippen LogP contribution in [-0.4, -0.2) is 33.5 Å². The molecule has 1 aromatic rings. The molecule has 5 heteroatoms. The van der Waals surface area contributed by atoms with Crippen LogP contribution in [0.15, 0.2) is 17.3 Å². The smallest absolute Gasteiger partial charge is 0.338 e. The van der Waals surface area contributed by atoms with Crippen molar-refractivity contribution in [1.29, 1.82) is 0 Å². The second-order valence-corrected chi connectivity index (χ2v) is 4.72. The minimum Gasteiger partial charge on any atom is -0.478 e. The number of hydrogen-bond donors (Lipinski definition) is 2. The van der Waals surface area contributed by atoms with Crippen molar-refractivity contribution >= 4 is 17.7 Å². The highest BCUT2D eigenvalue weighted by atomic mass is 32.2. The van der Waals surface area contributed by atoms with E-state index in [0.29, 0.717) is 16.3 Å². The molecule has 1 rings (SSSR count). The molecule has 16 heavy (non-hydrogen) atoms. The fourth-order valence-corrected chi connectivity index (χ4v) is 2.25. The highest BCUT2D eigenvalue weighted by Crippen LogP contribution is 2.24. The van der Waals surface area contributed by atoms with Crippen molar-refractivity contribution in [1.82, 2.24) is 4.98 Å². The van der Waals surface area contributed by atoms with Crippen LogP contribution in [0.5, 0.6) is 0 Å². The topological polar surface area (TPSA) is 70.4 Å². The Morgan fingerprint density at radius 2 is 2.31 bits per heavy atom. The summed E-state index contributed by atoms with van der Waals surface area (Å²) in [4.78, 5) is 15.1. The van der Waals surface area contributed by atoms with Gasteiger partial charge in [-0.1, -0.05) is 6.92 Å². The number of aliphatic hydroxyl groups excluding tert-OH is 1. The van der Waals surface area contributed by atoms with E-state index < -0.39 is 5.97 Å². The number of rotatable bonds is 5. The first-order valence-corrected chi connectivity index (χ1v) is 5.97. The van der Waals surface area contributed by atoms with Crippen LogP contribution >= 0.6 is 11.8 Å². The molecule has 0 aromatic carbocycles. The van der Waals surface area contributed by atoms with Gasteiger partial charge >= 0.3 is 5.97 Å². The van der Waals surface area contributed by atoms with Crippen molar-refractivity contribution < 1.29 is 15.0 Å². The van der Waals surface area contributed by atoms with Crippen LogP contribution in [0.2, 0.25) is 0 Å². The molecule has 1 unspecified atom stereocenters. The Morgan fingerprint density at radius 3 is 2.88 bits per heavy atom. The lowest BCUT2D eigenvalue weighted by molar-refractivity contribution is 0.0691. The maximum atomic E-state index is 11.1. The number of thioether (sulfide) groups is 1.